The first kappa shape index (κ1) is 23.9. The molecule has 0 aliphatic carbocycles. The molecule has 0 aliphatic rings. The molecule has 0 spiro atoms. The molecule has 2 N–H and O–H groups in total. The van der Waals surface area contributed by atoms with Gasteiger partial charge in [0.1, 0.15) is 5.75 Å². The highest BCUT2D eigenvalue weighted by Gasteiger charge is 2.18. The molecule has 1 atom stereocenters. The summed E-state index contributed by atoms with van der Waals surface area (Å²) in [5.41, 5.74) is 7.06. The Morgan fingerprint density at radius 2 is 1.71 bits per heavy atom. The highest BCUT2D eigenvalue weighted by molar-refractivity contribution is 7.90. The smallest absolute Gasteiger partial charge is 0.239 e. The molecule has 0 bridgehead atoms. The van der Waals surface area contributed by atoms with Crippen molar-refractivity contribution in [3.8, 4) is 5.75 Å². The van der Waals surface area contributed by atoms with E-state index in [0.717, 1.165) is 11.8 Å². The molecule has 8 heteroatoms. The Labute approximate surface area is 173 Å². The van der Waals surface area contributed by atoms with E-state index >= 15 is 0 Å². The van der Waals surface area contributed by atoms with Gasteiger partial charge in [0.2, 0.25) is 5.91 Å². The van der Waals surface area contributed by atoms with E-state index in [4.69, 9.17) is 10.5 Å². The molecule has 2 aromatic carbocycles. The van der Waals surface area contributed by atoms with Crippen molar-refractivity contribution in [2.75, 3.05) is 26.5 Å². The molecule has 2 rings (SSSR count). The van der Waals surface area contributed by atoms with E-state index in [9.17, 15) is 13.2 Å². The molecule has 0 saturated heterocycles. The van der Waals surface area contributed by atoms with Crippen molar-refractivity contribution in [3.05, 3.63) is 60.2 Å². The lowest BCUT2D eigenvalue weighted by molar-refractivity contribution is -0.131. The summed E-state index contributed by atoms with van der Waals surface area (Å²) < 4.78 is 28.4. The molecule has 28 heavy (non-hydrogen) atoms. The van der Waals surface area contributed by atoms with Gasteiger partial charge in [0, 0.05) is 19.8 Å². The first-order chi connectivity index (χ1) is 12.8. The van der Waals surface area contributed by atoms with Crippen molar-refractivity contribution < 1.29 is 17.9 Å². The Morgan fingerprint density at radius 3 is 2.29 bits per heavy atom. The maximum atomic E-state index is 12.3. The predicted molar refractivity (Wildman–Crippen MR) is 113 cm³/mol. The van der Waals surface area contributed by atoms with Crippen molar-refractivity contribution in [3.63, 3.8) is 0 Å². The zero-order chi connectivity index (χ0) is 19.9. The van der Waals surface area contributed by atoms with Gasteiger partial charge in [0.25, 0.3) is 0 Å². The van der Waals surface area contributed by atoms with Gasteiger partial charge in [0.05, 0.1) is 17.5 Å². The first-order valence-electron chi connectivity index (χ1n) is 8.75. The number of sulfone groups is 1. The molecular weight excluding hydrogens is 400 g/mol. The van der Waals surface area contributed by atoms with E-state index in [-0.39, 0.29) is 23.2 Å². The van der Waals surface area contributed by atoms with Crippen molar-refractivity contribution >= 4 is 28.2 Å². The minimum atomic E-state index is -3.21. The summed E-state index contributed by atoms with van der Waals surface area (Å²) in [7, 11) is -1.48. The highest BCUT2D eigenvalue weighted by atomic mass is 35.5. The molecule has 6 nitrogen and oxygen atoms in total. The van der Waals surface area contributed by atoms with Crippen LogP contribution in [0.4, 0.5) is 0 Å². The Hall–Kier alpha value is -2.09. The van der Waals surface area contributed by atoms with Gasteiger partial charge in [-0.3, -0.25) is 4.79 Å². The summed E-state index contributed by atoms with van der Waals surface area (Å²) in [5.74, 6) is 0.494. The van der Waals surface area contributed by atoms with E-state index in [2.05, 4.69) is 0 Å². The second-order valence-electron chi connectivity index (χ2n) is 6.50. The number of rotatable bonds is 9. The molecule has 0 aromatic heterocycles. The number of benzene rings is 2. The van der Waals surface area contributed by atoms with Crippen LogP contribution in [-0.4, -0.2) is 51.7 Å². The van der Waals surface area contributed by atoms with Crippen LogP contribution in [0.5, 0.6) is 5.75 Å². The third kappa shape index (κ3) is 7.50. The fraction of sp³-hybridized carbons (Fsp3) is 0.350. The summed E-state index contributed by atoms with van der Waals surface area (Å²) >= 11 is 0. The SMILES string of the molecule is CN(CCCOc1ccc(S(C)(=O)=O)cc1)C(=O)[C@@H](N)Cc1ccccc1.Cl. The van der Waals surface area contributed by atoms with Crippen LogP contribution in [0, 0.1) is 0 Å². The number of carbonyl (C=O) groups is 1. The number of nitrogens with two attached hydrogens (primary N) is 1. The van der Waals surface area contributed by atoms with Crippen LogP contribution in [0.25, 0.3) is 0 Å². The van der Waals surface area contributed by atoms with Gasteiger partial charge in [-0.2, -0.15) is 0 Å². The van der Waals surface area contributed by atoms with Crippen LogP contribution in [-0.2, 0) is 21.1 Å². The summed E-state index contributed by atoms with van der Waals surface area (Å²) in [6.45, 7) is 0.951. The van der Waals surface area contributed by atoms with Crippen LogP contribution in [0.15, 0.2) is 59.5 Å². The fourth-order valence-electron chi connectivity index (χ4n) is 2.62. The fourth-order valence-corrected chi connectivity index (χ4v) is 3.25. The van der Waals surface area contributed by atoms with Crippen molar-refractivity contribution in [1.82, 2.24) is 4.90 Å². The number of hydrogen-bond acceptors (Lipinski definition) is 5. The average Bonchev–Trinajstić information content (AvgIpc) is 2.65. The largest absolute Gasteiger partial charge is 0.494 e. The Morgan fingerprint density at radius 1 is 1.11 bits per heavy atom. The summed E-state index contributed by atoms with van der Waals surface area (Å²) in [6.07, 6.45) is 2.32. The van der Waals surface area contributed by atoms with Crippen LogP contribution >= 0.6 is 12.4 Å². The summed E-state index contributed by atoms with van der Waals surface area (Å²) in [6, 6.07) is 15.4. The number of ether oxygens (including phenoxy) is 1. The number of carbonyl (C=O) groups excluding carboxylic acids is 1. The minimum absolute atomic E-state index is 0. The van der Waals surface area contributed by atoms with Gasteiger partial charge < -0.3 is 15.4 Å². The van der Waals surface area contributed by atoms with E-state index < -0.39 is 15.9 Å². The average molecular weight is 427 g/mol. The topological polar surface area (TPSA) is 89.7 Å². The van der Waals surface area contributed by atoms with Gasteiger partial charge in [0.15, 0.2) is 9.84 Å². The van der Waals surface area contributed by atoms with Gasteiger partial charge in [-0.25, -0.2) is 8.42 Å². The molecular formula is C20H27ClN2O4S. The highest BCUT2D eigenvalue weighted by Crippen LogP contribution is 2.16. The number of amides is 1. The number of nitrogens with zero attached hydrogens (tertiary/aromatic N) is 1. The van der Waals surface area contributed by atoms with Crippen LogP contribution < -0.4 is 10.5 Å². The van der Waals surface area contributed by atoms with E-state index in [1.165, 1.54) is 12.1 Å². The van der Waals surface area contributed by atoms with E-state index in [1.54, 1.807) is 24.1 Å². The second-order valence-corrected chi connectivity index (χ2v) is 8.52. The normalized spacial score (nSPS) is 12.0. The predicted octanol–water partition coefficient (Wildman–Crippen LogP) is 2.31. The molecule has 0 aliphatic heterocycles. The van der Waals surface area contributed by atoms with Gasteiger partial charge in [-0.05, 0) is 42.7 Å². The lowest BCUT2D eigenvalue weighted by atomic mass is 10.1. The van der Waals surface area contributed by atoms with Gasteiger partial charge in [-0.15, -0.1) is 12.4 Å². The standard InChI is InChI=1S/C20H26N2O4S.ClH/c1-22(20(23)19(21)15-16-7-4-3-5-8-16)13-6-14-26-17-9-11-18(12-10-17)27(2,24)25;/h3-5,7-12,19H,6,13-15,21H2,1-2H3;1H/t19-;/m0./s1. The lowest BCUT2D eigenvalue weighted by Gasteiger charge is -2.21. The zero-order valence-electron chi connectivity index (χ0n) is 16.1. The molecule has 1 amide bonds. The molecule has 154 valence electrons. The molecule has 0 radical (unpaired) electrons. The van der Waals surface area contributed by atoms with Gasteiger partial charge in [-0.1, -0.05) is 30.3 Å². The van der Waals surface area contributed by atoms with Crippen molar-refractivity contribution in [2.24, 2.45) is 5.73 Å². The van der Waals surface area contributed by atoms with Gasteiger partial charge >= 0.3 is 0 Å². The number of likely N-dealkylation sites (N-methyl/N-ethyl adjacent to an activating group) is 1. The van der Waals surface area contributed by atoms with Crippen LogP contribution in [0.1, 0.15) is 12.0 Å². The first-order valence-corrected chi connectivity index (χ1v) is 10.6. The quantitative estimate of drug-likeness (QED) is 0.621. The maximum absolute atomic E-state index is 12.3. The van der Waals surface area contributed by atoms with Crippen LogP contribution in [0.3, 0.4) is 0 Å². The summed E-state index contributed by atoms with van der Waals surface area (Å²) in [5, 5.41) is 0. The molecule has 0 saturated carbocycles. The minimum Gasteiger partial charge on any atom is -0.494 e. The molecule has 0 fully saturated rings. The lowest BCUT2D eigenvalue weighted by Crippen LogP contribution is -2.43. The monoisotopic (exact) mass is 426 g/mol. The van der Waals surface area contributed by atoms with Crippen molar-refractivity contribution in [1.29, 1.82) is 0 Å². The molecule has 0 unspecified atom stereocenters. The maximum Gasteiger partial charge on any atom is 0.239 e. The van der Waals surface area contributed by atoms with E-state index in [0.29, 0.717) is 31.7 Å². The Kier molecular flexibility index (Phi) is 9.45. The van der Waals surface area contributed by atoms with Crippen molar-refractivity contribution in [2.45, 2.75) is 23.8 Å². The number of hydrogen-bond donors (Lipinski definition) is 1. The zero-order valence-corrected chi connectivity index (χ0v) is 17.7. The Bertz CT molecular complexity index is 842. The summed E-state index contributed by atoms with van der Waals surface area (Å²) in [4.78, 5) is 14.2. The van der Waals surface area contributed by atoms with E-state index in [1.807, 2.05) is 30.3 Å². The Balaban J connectivity index is 0.00000392. The third-order valence-electron chi connectivity index (χ3n) is 4.15. The molecule has 2 aromatic rings. The second kappa shape index (κ2) is 11.0. The van der Waals surface area contributed by atoms with Crippen LogP contribution in [0.2, 0.25) is 0 Å². The number of halogens is 1. The third-order valence-corrected chi connectivity index (χ3v) is 5.28. The molecule has 0 heterocycles.